The zero-order valence-corrected chi connectivity index (χ0v) is 21.0. The average Bonchev–Trinajstić information content (AvgIpc) is 2.88. The number of carbonyl (C=O) groups excluding carboxylic acids is 3. The Morgan fingerprint density at radius 1 is 0.973 bits per heavy atom. The molecule has 0 saturated carbocycles. The number of carbonyl (C=O) groups is 3. The van der Waals surface area contributed by atoms with Gasteiger partial charge >= 0.3 is 11.9 Å². The molecule has 2 aromatic carbocycles. The van der Waals surface area contributed by atoms with E-state index in [0.29, 0.717) is 11.3 Å². The molecule has 0 spiro atoms. The highest BCUT2D eigenvalue weighted by molar-refractivity contribution is 5.99. The summed E-state index contributed by atoms with van der Waals surface area (Å²) in [5.74, 6) is -2.46. The van der Waals surface area contributed by atoms with Crippen LogP contribution in [0.25, 0.3) is 0 Å². The van der Waals surface area contributed by atoms with Crippen molar-refractivity contribution in [3.8, 4) is 17.2 Å². The fourth-order valence-electron chi connectivity index (χ4n) is 3.58. The summed E-state index contributed by atoms with van der Waals surface area (Å²) in [6.07, 6.45) is -0.410. The lowest BCUT2D eigenvalue weighted by molar-refractivity contribution is -0.157. The van der Waals surface area contributed by atoms with Crippen LogP contribution in [0.1, 0.15) is 49.3 Å². The molecule has 0 aliphatic heterocycles. The molecule has 9 heteroatoms. The third kappa shape index (κ3) is 7.36. The molecule has 0 saturated heterocycles. The second-order valence-electron chi connectivity index (χ2n) is 8.36. The number of rotatable bonds is 11. The molecule has 8 nitrogen and oxygen atoms in total. The number of esters is 2. The van der Waals surface area contributed by atoms with Crippen LogP contribution in [-0.4, -0.2) is 35.9 Å². The Kier molecular flexibility index (Phi) is 9.32. The van der Waals surface area contributed by atoms with Crippen LogP contribution in [0.2, 0.25) is 0 Å². The van der Waals surface area contributed by atoms with Crippen molar-refractivity contribution in [1.29, 1.82) is 0 Å². The number of methoxy groups -OCH3 is 1. The molecule has 1 aromatic heterocycles. The number of nitrogens with zero attached hydrogens (tertiary/aromatic N) is 1. The Morgan fingerprint density at radius 2 is 1.65 bits per heavy atom. The Morgan fingerprint density at radius 3 is 2.27 bits per heavy atom. The number of hydrogen-bond donors (Lipinski definition) is 0. The zero-order chi connectivity index (χ0) is 26.9. The SMILES string of the molecule is COc1ccnc(C(=O)C[C@@H](C)C(=O)O[C@@H](C)[C@H](Oc2ccccc2)c2ccc(F)cc2)c1OC(C)=O. The summed E-state index contributed by atoms with van der Waals surface area (Å²) in [5.41, 5.74) is 0.486. The maximum absolute atomic E-state index is 13.5. The highest BCUT2D eigenvalue weighted by atomic mass is 19.1. The predicted molar refractivity (Wildman–Crippen MR) is 132 cm³/mol. The second-order valence-corrected chi connectivity index (χ2v) is 8.36. The highest BCUT2D eigenvalue weighted by Crippen LogP contribution is 2.32. The van der Waals surface area contributed by atoms with Crippen molar-refractivity contribution in [2.24, 2.45) is 5.92 Å². The summed E-state index contributed by atoms with van der Waals surface area (Å²) in [6, 6.07) is 16.1. The number of ether oxygens (including phenoxy) is 4. The van der Waals surface area contributed by atoms with Gasteiger partial charge in [0.15, 0.2) is 23.3 Å². The lowest BCUT2D eigenvalue weighted by atomic mass is 10.0. The number of aromatic nitrogens is 1. The van der Waals surface area contributed by atoms with E-state index < -0.39 is 41.7 Å². The molecule has 0 unspecified atom stereocenters. The van der Waals surface area contributed by atoms with Crippen LogP contribution >= 0.6 is 0 Å². The molecule has 3 atom stereocenters. The van der Waals surface area contributed by atoms with Crippen LogP contribution in [0.15, 0.2) is 66.9 Å². The van der Waals surface area contributed by atoms with E-state index in [1.807, 2.05) is 6.07 Å². The molecule has 37 heavy (non-hydrogen) atoms. The van der Waals surface area contributed by atoms with Gasteiger partial charge in [0, 0.05) is 25.6 Å². The van der Waals surface area contributed by atoms with Gasteiger partial charge in [0.05, 0.1) is 13.0 Å². The van der Waals surface area contributed by atoms with Crippen molar-refractivity contribution in [3.05, 3.63) is 83.9 Å². The molecule has 3 aromatic rings. The topological polar surface area (TPSA) is 101 Å². The fourth-order valence-corrected chi connectivity index (χ4v) is 3.58. The summed E-state index contributed by atoms with van der Waals surface area (Å²) in [4.78, 5) is 41.4. The van der Waals surface area contributed by atoms with E-state index in [2.05, 4.69) is 4.98 Å². The minimum atomic E-state index is -0.848. The highest BCUT2D eigenvalue weighted by Gasteiger charge is 2.30. The van der Waals surface area contributed by atoms with Crippen LogP contribution in [0.4, 0.5) is 4.39 Å². The van der Waals surface area contributed by atoms with Gasteiger partial charge in [-0.25, -0.2) is 9.37 Å². The van der Waals surface area contributed by atoms with Gasteiger partial charge in [0.1, 0.15) is 17.7 Å². The van der Waals surface area contributed by atoms with E-state index in [-0.39, 0.29) is 23.6 Å². The van der Waals surface area contributed by atoms with Crippen molar-refractivity contribution >= 4 is 17.7 Å². The standard InChI is InChI=1S/C28H28FNO7/c1-17(16-23(32)25-27(36-19(3)31)24(34-4)14-15-30-25)28(33)35-18(2)26(20-10-12-21(29)13-11-20)37-22-8-6-5-7-9-22/h5-15,17-18,26H,16H2,1-4H3/t17-,18+,26+/m1/s1. The first-order chi connectivity index (χ1) is 17.7. The molecular formula is C28H28FNO7. The maximum atomic E-state index is 13.5. The smallest absolute Gasteiger partial charge is 0.309 e. The molecule has 0 amide bonds. The first-order valence-electron chi connectivity index (χ1n) is 11.6. The van der Waals surface area contributed by atoms with Gasteiger partial charge in [-0.3, -0.25) is 14.4 Å². The molecule has 0 radical (unpaired) electrons. The Labute approximate surface area is 214 Å². The third-order valence-electron chi connectivity index (χ3n) is 5.43. The second kappa shape index (κ2) is 12.6. The van der Waals surface area contributed by atoms with Crippen LogP contribution in [0.5, 0.6) is 17.2 Å². The number of halogens is 1. The molecule has 0 N–H and O–H groups in total. The monoisotopic (exact) mass is 509 g/mol. The van der Waals surface area contributed by atoms with Gasteiger partial charge in [0.25, 0.3) is 0 Å². The van der Waals surface area contributed by atoms with Gasteiger partial charge in [-0.05, 0) is 36.8 Å². The Balaban J connectivity index is 1.74. The minimum absolute atomic E-state index is 0.107. The van der Waals surface area contributed by atoms with E-state index in [9.17, 15) is 18.8 Å². The molecule has 0 aliphatic carbocycles. The normalized spacial score (nSPS) is 13.1. The first-order valence-corrected chi connectivity index (χ1v) is 11.6. The van der Waals surface area contributed by atoms with E-state index >= 15 is 0 Å². The number of benzene rings is 2. The average molecular weight is 510 g/mol. The number of pyridine rings is 1. The van der Waals surface area contributed by atoms with Gasteiger partial charge < -0.3 is 18.9 Å². The summed E-state index contributed by atoms with van der Waals surface area (Å²) < 4.78 is 35.5. The van der Waals surface area contributed by atoms with Crippen molar-refractivity contribution in [1.82, 2.24) is 4.98 Å². The summed E-state index contributed by atoms with van der Waals surface area (Å²) in [6.45, 7) is 4.40. The number of Topliss-reactive ketones (excluding diaryl/α,β-unsaturated/α-hetero) is 1. The van der Waals surface area contributed by atoms with E-state index in [1.165, 1.54) is 38.4 Å². The molecule has 1 heterocycles. The third-order valence-corrected chi connectivity index (χ3v) is 5.43. The molecular weight excluding hydrogens is 481 g/mol. The maximum Gasteiger partial charge on any atom is 0.309 e. The summed E-state index contributed by atoms with van der Waals surface area (Å²) in [7, 11) is 1.37. The Bertz CT molecular complexity index is 1230. The van der Waals surface area contributed by atoms with Crippen molar-refractivity contribution < 1.29 is 37.7 Å². The van der Waals surface area contributed by atoms with Crippen LogP contribution in [-0.2, 0) is 14.3 Å². The fraction of sp³-hybridized carbons (Fsp3) is 0.286. The van der Waals surface area contributed by atoms with Crippen LogP contribution in [0, 0.1) is 11.7 Å². The van der Waals surface area contributed by atoms with E-state index in [0.717, 1.165) is 0 Å². The molecule has 0 fully saturated rings. The first kappa shape index (κ1) is 27.3. The lowest BCUT2D eigenvalue weighted by Crippen LogP contribution is -2.30. The molecule has 0 aliphatic rings. The van der Waals surface area contributed by atoms with E-state index in [1.54, 1.807) is 50.2 Å². The number of para-hydroxylation sites is 1. The number of hydrogen-bond acceptors (Lipinski definition) is 8. The predicted octanol–water partition coefficient (Wildman–Crippen LogP) is 5.12. The van der Waals surface area contributed by atoms with Crippen molar-refractivity contribution in [2.75, 3.05) is 7.11 Å². The van der Waals surface area contributed by atoms with Gasteiger partial charge in [-0.1, -0.05) is 37.3 Å². The van der Waals surface area contributed by atoms with E-state index in [4.69, 9.17) is 18.9 Å². The van der Waals surface area contributed by atoms with Crippen molar-refractivity contribution in [2.45, 2.75) is 39.4 Å². The summed E-state index contributed by atoms with van der Waals surface area (Å²) in [5, 5.41) is 0. The van der Waals surface area contributed by atoms with Gasteiger partial charge in [0.2, 0.25) is 5.75 Å². The zero-order valence-electron chi connectivity index (χ0n) is 21.0. The number of ketones is 1. The molecule has 3 rings (SSSR count). The lowest BCUT2D eigenvalue weighted by Gasteiger charge is -2.26. The largest absolute Gasteiger partial charge is 0.493 e. The van der Waals surface area contributed by atoms with Gasteiger partial charge in [-0.2, -0.15) is 0 Å². The van der Waals surface area contributed by atoms with Gasteiger partial charge in [-0.15, -0.1) is 0 Å². The Hall–Kier alpha value is -4.27. The molecule has 0 bridgehead atoms. The summed E-state index contributed by atoms with van der Waals surface area (Å²) >= 11 is 0. The molecule has 194 valence electrons. The quantitative estimate of drug-likeness (QED) is 0.259. The minimum Gasteiger partial charge on any atom is -0.493 e. The van der Waals surface area contributed by atoms with Crippen molar-refractivity contribution in [3.63, 3.8) is 0 Å². The van der Waals surface area contributed by atoms with Crippen LogP contribution < -0.4 is 14.2 Å². The van der Waals surface area contributed by atoms with Crippen LogP contribution in [0.3, 0.4) is 0 Å².